The van der Waals surface area contributed by atoms with E-state index in [-0.39, 0.29) is 25.0 Å². The number of carboxylic acids is 1. The fourth-order valence-electron chi connectivity index (χ4n) is 5.10. The van der Waals surface area contributed by atoms with Gasteiger partial charge in [-0.2, -0.15) is 0 Å². The van der Waals surface area contributed by atoms with Crippen LogP contribution in [-0.4, -0.2) is 59.7 Å². The summed E-state index contributed by atoms with van der Waals surface area (Å²) >= 11 is 0. The van der Waals surface area contributed by atoms with Gasteiger partial charge in [-0.15, -0.1) is 0 Å². The molecule has 2 amide bonds. The molecule has 0 bridgehead atoms. The number of ether oxygens (including phenoxy) is 3. The van der Waals surface area contributed by atoms with Crippen molar-refractivity contribution in [1.82, 2.24) is 10.2 Å². The molecule has 0 saturated heterocycles. The number of Topliss-reactive ketones (excluding diaryl/α,β-unsaturated/α-hetero) is 1. The highest BCUT2D eigenvalue weighted by Gasteiger charge is 2.46. The number of carbonyl (C=O) groups excluding carboxylic acids is 2. The molecule has 40 heavy (non-hydrogen) atoms. The highest BCUT2D eigenvalue weighted by atomic mass is 16.5. The quantitative estimate of drug-likeness (QED) is 0.281. The minimum absolute atomic E-state index is 0.180. The first-order chi connectivity index (χ1) is 19.1. The number of amides is 2. The van der Waals surface area contributed by atoms with Crippen LogP contribution < -0.4 is 14.8 Å². The van der Waals surface area contributed by atoms with Gasteiger partial charge in [-0.25, -0.2) is 9.59 Å². The van der Waals surface area contributed by atoms with E-state index in [1.807, 2.05) is 65.0 Å². The average Bonchev–Trinajstić information content (AvgIpc) is 2.90. The van der Waals surface area contributed by atoms with Gasteiger partial charge in [-0.3, -0.25) is 4.79 Å². The van der Waals surface area contributed by atoms with Gasteiger partial charge in [0, 0.05) is 6.54 Å². The summed E-state index contributed by atoms with van der Waals surface area (Å²) in [5.74, 6) is -0.396. The number of urea groups is 1. The first kappa shape index (κ1) is 30.9. The molecule has 9 nitrogen and oxygen atoms in total. The number of carbonyl (C=O) groups is 3. The zero-order valence-electron chi connectivity index (χ0n) is 24.4. The number of hydrogen-bond acceptors (Lipinski definition) is 6. The normalized spacial score (nSPS) is 15.3. The molecule has 0 unspecified atom stereocenters. The standard InChI is InChI=1S/C31H42N2O7/c1-7-38-26-19-25(20(3)28(39-8-2)27(26)22(5)34)21(4)33(30(37)32-31(29(35)36)15-12-16-31)17-18-40-23(6)24-13-10-9-11-14-24/h9-11,13-14,19,21,23H,7-8,12,15-18H2,1-6H3,(H,32,37)(H,35,36)/t21-,23+/m1/s1. The van der Waals surface area contributed by atoms with Gasteiger partial charge in [0.2, 0.25) is 0 Å². The summed E-state index contributed by atoms with van der Waals surface area (Å²) in [6, 6.07) is 10.6. The highest BCUT2D eigenvalue weighted by molar-refractivity contribution is 6.00. The van der Waals surface area contributed by atoms with Crippen LogP contribution in [0.2, 0.25) is 0 Å². The van der Waals surface area contributed by atoms with Crippen LogP contribution in [0.3, 0.4) is 0 Å². The van der Waals surface area contributed by atoms with Crippen molar-refractivity contribution < 1.29 is 33.7 Å². The van der Waals surface area contributed by atoms with Crippen molar-refractivity contribution in [3.05, 3.63) is 58.7 Å². The summed E-state index contributed by atoms with van der Waals surface area (Å²) in [5.41, 5.74) is 1.57. The maximum absolute atomic E-state index is 13.7. The Kier molecular flexibility index (Phi) is 10.6. The molecule has 2 atom stereocenters. The van der Waals surface area contributed by atoms with E-state index in [2.05, 4.69) is 5.32 Å². The fourth-order valence-corrected chi connectivity index (χ4v) is 5.10. The topological polar surface area (TPSA) is 114 Å². The molecular weight excluding hydrogens is 512 g/mol. The largest absolute Gasteiger partial charge is 0.493 e. The van der Waals surface area contributed by atoms with Gasteiger partial charge in [0.25, 0.3) is 0 Å². The number of ketones is 1. The molecule has 2 aromatic rings. The van der Waals surface area contributed by atoms with E-state index in [1.54, 1.807) is 11.0 Å². The third-order valence-corrected chi connectivity index (χ3v) is 7.58. The summed E-state index contributed by atoms with van der Waals surface area (Å²) in [4.78, 5) is 39.9. The molecule has 0 aromatic heterocycles. The molecular formula is C31H42N2O7. The van der Waals surface area contributed by atoms with Crippen LogP contribution in [-0.2, 0) is 9.53 Å². The predicted octanol–water partition coefficient (Wildman–Crippen LogP) is 5.85. The van der Waals surface area contributed by atoms with Gasteiger partial charge in [0.05, 0.1) is 32.0 Å². The summed E-state index contributed by atoms with van der Waals surface area (Å²) in [7, 11) is 0. The number of nitrogens with one attached hydrogen (secondary N) is 1. The first-order valence-corrected chi connectivity index (χ1v) is 14.0. The Hall–Kier alpha value is -3.59. The molecule has 1 aliphatic rings. The minimum atomic E-state index is -1.27. The van der Waals surface area contributed by atoms with E-state index in [9.17, 15) is 19.5 Å². The summed E-state index contributed by atoms with van der Waals surface area (Å²) in [6.07, 6.45) is 1.31. The SMILES string of the molecule is CCOc1cc([C@@H](C)N(CCO[C@@H](C)c2ccccc2)C(=O)NC2(C(=O)O)CCC2)c(C)c(OCC)c1C(C)=O. The third kappa shape index (κ3) is 6.75. The van der Waals surface area contributed by atoms with Crippen LogP contribution in [0.4, 0.5) is 4.79 Å². The lowest BCUT2D eigenvalue weighted by Gasteiger charge is -2.41. The Bertz CT molecular complexity index is 1190. The van der Waals surface area contributed by atoms with Gasteiger partial charge in [0.15, 0.2) is 5.78 Å². The Morgan fingerprint density at radius 2 is 1.73 bits per heavy atom. The molecule has 0 radical (unpaired) electrons. The van der Waals surface area contributed by atoms with Gasteiger partial charge in [-0.1, -0.05) is 30.3 Å². The van der Waals surface area contributed by atoms with Crippen molar-refractivity contribution in [3.63, 3.8) is 0 Å². The molecule has 2 aromatic carbocycles. The monoisotopic (exact) mass is 554 g/mol. The van der Waals surface area contributed by atoms with E-state index in [0.717, 1.165) is 23.1 Å². The van der Waals surface area contributed by atoms with Crippen molar-refractivity contribution in [2.45, 2.75) is 78.5 Å². The Morgan fingerprint density at radius 3 is 2.25 bits per heavy atom. The zero-order chi connectivity index (χ0) is 29.4. The van der Waals surface area contributed by atoms with Crippen molar-refractivity contribution in [2.75, 3.05) is 26.4 Å². The summed E-state index contributed by atoms with van der Waals surface area (Å²) in [5, 5.41) is 12.6. The molecule has 9 heteroatoms. The van der Waals surface area contributed by atoms with Gasteiger partial charge in [0.1, 0.15) is 22.6 Å². The maximum atomic E-state index is 13.7. The lowest BCUT2D eigenvalue weighted by atomic mass is 9.77. The number of benzene rings is 2. The number of nitrogens with zero attached hydrogens (tertiary/aromatic N) is 1. The number of carboxylic acid groups (broad SMARTS) is 1. The fraction of sp³-hybridized carbons (Fsp3) is 0.516. The van der Waals surface area contributed by atoms with Crippen molar-refractivity contribution in [1.29, 1.82) is 0 Å². The number of rotatable bonds is 14. The van der Waals surface area contributed by atoms with Crippen molar-refractivity contribution >= 4 is 17.8 Å². The molecule has 2 N–H and O–H groups in total. The molecule has 1 aliphatic carbocycles. The van der Waals surface area contributed by atoms with Gasteiger partial charge in [-0.05, 0) is 83.6 Å². The second kappa shape index (κ2) is 13.7. The van der Waals surface area contributed by atoms with E-state index >= 15 is 0 Å². The molecule has 1 saturated carbocycles. The minimum Gasteiger partial charge on any atom is -0.493 e. The molecule has 1 fully saturated rings. The van der Waals surface area contributed by atoms with E-state index < -0.39 is 23.6 Å². The molecule has 3 rings (SSSR count). The van der Waals surface area contributed by atoms with Gasteiger partial charge >= 0.3 is 12.0 Å². The van der Waals surface area contributed by atoms with Crippen LogP contribution in [0.15, 0.2) is 36.4 Å². The molecule has 0 aliphatic heterocycles. The number of aliphatic carboxylic acids is 1. The highest BCUT2D eigenvalue weighted by Crippen LogP contribution is 2.40. The average molecular weight is 555 g/mol. The smallest absolute Gasteiger partial charge is 0.329 e. The van der Waals surface area contributed by atoms with Crippen LogP contribution in [0.25, 0.3) is 0 Å². The Morgan fingerprint density at radius 1 is 1.07 bits per heavy atom. The second-order valence-corrected chi connectivity index (χ2v) is 10.2. The molecule has 0 heterocycles. The summed E-state index contributed by atoms with van der Waals surface area (Å²) < 4.78 is 17.9. The van der Waals surface area contributed by atoms with Crippen LogP contribution in [0.5, 0.6) is 11.5 Å². The first-order valence-electron chi connectivity index (χ1n) is 14.0. The maximum Gasteiger partial charge on any atom is 0.329 e. The Balaban J connectivity index is 1.97. The summed E-state index contributed by atoms with van der Waals surface area (Å²) in [6.45, 7) is 12.0. The molecule has 218 valence electrons. The lowest BCUT2D eigenvalue weighted by Crippen LogP contribution is -2.62. The van der Waals surface area contributed by atoms with Crippen molar-refractivity contribution in [2.24, 2.45) is 0 Å². The van der Waals surface area contributed by atoms with E-state index in [0.29, 0.717) is 43.1 Å². The predicted molar refractivity (Wildman–Crippen MR) is 152 cm³/mol. The Labute approximate surface area is 236 Å². The van der Waals surface area contributed by atoms with Crippen LogP contribution in [0, 0.1) is 6.92 Å². The zero-order valence-corrected chi connectivity index (χ0v) is 24.4. The lowest BCUT2D eigenvalue weighted by molar-refractivity contribution is -0.148. The number of hydrogen-bond donors (Lipinski definition) is 2. The van der Waals surface area contributed by atoms with Crippen LogP contribution >= 0.6 is 0 Å². The second-order valence-electron chi connectivity index (χ2n) is 10.2. The van der Waals surface area contributed by atoms with Crippen LogP contribution in [0.1, 0.15) is 93.1 Å². The van der Waals surface area contributed by atoms with Gasteiger partial charge < -0.3 is 29.5 Å². The van der Waals surface area contributed by atoms with E-state index in [4.69, 9.17) is 14.2 Å². The molecule has 0 spiro atoms. The van der Waals surface area contributed by atoms with E-state index in [1.165, 1.54) is 6.92 Å². The van der Waals surface area contributed by atoms with Crippen molar-refractivity contribution in [3.8, 4) is 11.5 Å². The third-order valence-electron chi connectivity index (χ3n) is 7.58.